The Labute approximate surface area is 119 Å². The number of imidazole rings is 1. The van der Waals surface area contributed by atoms with Gasteiger partial charge < -0.3 is 19.7 Å². The van der Waals surface area contributed by atoms with Crippen molar-refractivity contribution in [2.45, 2.75) is 0 Å². The molecule has 1 aromatic carbocycles. The molecule has 2 aromatic heterocycles. The molecule has 3 aromatic rings. The van der Waals surface area contributed by atoms with Crippen LogP contribution in [0.3, 0.4) is 0 Å². The van der Waals surface area contributed by atoms with Crippen molar-refractivity contribution in [3.8, 4) is 11.5 Å². The molecule has 0 aliphatic rings. The summed E-state index contributed by atoms with van der Waals surface area (Å²) in [5, 5.41) is 0. The van der Waals surface area contributed by atoms with Gasteiger partial charge in [0.25, 0.3) is 0 Å². The fraction of sp³-hybridized carbons (Fsp3) is 0. The van der Waals surface area contributed by atoms with Crippen molar-refractivity contribution in [3.05, 3.63) is 48.8 Å². The van der Waals surface area contributed by atoms with Crippen molar-refractivity contribution in [2.75, 3.05) is 11.2 Å². The highest BCUT2D eigenvalue weighted by Gasteiger charge is 2.04. The second-order valence-corrected chi connectivity index (χ2v) is 4.24. The maximum Gasteiger partial charge on any atom is 0.320 e. The lowest BCUT2D eigenvalue weighted by atomic mass is 10.3. The van der Waals surface area contributed by atoms with E-state index in [1.54, 1.807) is 53.2 Å². The number of hydrogen-bond acceptors (Lipinski definition) is 6. The number of nitrogen functional groups attached to an aromatic ring is 1. The largest absolute Gasteiger partial charge is 0.456 e. The number of pyridine rings is 1. The number of anilines is 2. The van der Waals surface area contributed by atoms with Crippen LogP contribution in [0.1, 0.15) is 0 Å². The lowest BCUT2D eigenvalue weighted by Crippen LogP contribution is -1.97. The molecule has 21 heavy (non-hydrogen) atoms. The lowest BCUT2D eigenvalue weighted by molar-refractivity contribution is -0.126. The smallest absolute Gasteiger partial charge is 0.320 e. The molecule has 0 aliphatic carbocycles. The van der Waals surface area contributed by atoms with E-state index in [4.69, 9.17) is 10.5 Å². The van der Waals surface area contributed by atoms with E-state index in [9.17, 15) is 4.79 Å². The van der Waals surface area contributed by atoms with Gasteiger partial charge in [-0.05, 0) is 36.4 Å². The third-order valence-electron chi connectivity index (χ3n) is 2.75. The van der Waals surface area contributed by atoms with E-state index < -0.39 is 0 Å². The standard InChI is InChI=1S/C14H12N4O3/c15-10-1-3-11(4-2-10)21-12-5-6-14-16-13(17-20-9-19)8-18(14)7-12/h1-9,17H,15H2. The molecule has 0 spiro atoms. The summed E-state index contributed by atoms with van der Waals surface area (Å²) in [5.41, 5.74) is 9.40. The van der Waals surface area contributed by atoms with Crippen molar-refractivity contribution in [3.63, 3.8) is 0 Å². The van der Waals surface area contributed by atoms with Gasteiger partial charge in [0.1, 0.15) is 17.1 Å². The molecule has 2 heterocycles. The van der Waals surface area contributed by atoms with Crippen molar-refractivity contribution in [1.82, 2.24) is 9.38 Å². The van der Waals surface area contributed by atoms with Gasteiger partial charge in [-0.2, -0.15) is 5.48 Å². The number of fused-ring (bicyclic) bond motifs is 1. The minimum Gasteiger partial charge on any atom is -0.456 e. The molecule has 0 saturated heterocycles. The summed E-state index contributed by atoms with van der Waals surface area (Å²) in [4.78, 5) is 18.8. The predicted molar refractivity (Wildman–Crippen MR) is 76.9 cm³/mol. The van der Waals surface area contributed by atoms with Crippen molar-refractivity contribution >= 4 is 23.6 Å². The minimum atomic E-state index is 0.291. The van der Waals surface area contributed by atoms with Gasteiger partial charge >= 0.3 is 6.47 Å². The number of aromatic nitrogens is 2. The average molecular weight is 284 g/mol. The zero-order chi connectivity index (χ0) is 14.7. The Bertz CT molecular complexity index is 767. The van der Waals surface area contributed by atoms with E-state index >= 15 is 0 Å². The lowest BCUT2D eigenvalue weighted by Gasteiger charge is -2.06. The molecular weight excluding hydrogens is 272 g/mol. The van der Waals surface area contributed by atoms with Crippen LogP contribution in [0.25, 0.3) is 5.65 Å². The average Bonchev–Trinajstić information content (AvgIpc) is 2.89. The van der Waals surface area contributed by atoms with Crippen LogP contribution in [-0.2, 0) is 9.63 Å². The second-order valence-electron chi connectivity index (χ2n) is 4.24. The monoisotopic (exact) mass is 284 g/mol. The Morgan fingerprint density at radius 1 is 1.10 bits per heavy atom. The molecule has 106 valence electrons. The van der Waals surface area contributed by atoms with Gasteiger partial charge in [0.05, 0.1) is 12.4 Å². The third kappa shape index (κ3) is 2.86. The molecule has 0 saturated carbocycles. The van der Waals surface area contributed by atoms with Crippen LogP contribution in [-0.4, -0.2) is 15.9 Å². The molecule has 7 nitrogen and oxygen atoms in total. The Balaban J connectivity index is 1.82. The number of rotatable bonds is 5. The molecule has 0 radical (unpaired) electrons. The second kappa shape index (κ2) is 5.41. The first-order valence-corrected chi connectivity index (χ1v) is 6.12. The molecule has 0 unspecified atom stereocenters. The number of nitrogens with one attached hydrogen (secondary N) is 1. The molecule has 7 heteroatoms. The van der Waals surface area contributed by atoms with Crippen LogP contribution in [0.4, 0.5) is 11.5 Å². The number of carbonyl (C=O) groups excluding carboxylic acids is 1. The number of carbonyl (C=O) groups is 1. The van der Waals surface area contributed by atoms with Crippen molar-refractivity contribution in [2.24, 2.45) is 0 Å². The molecule has 3 rings (SSSR count). The fourth-order valence-electron chi connectivity index (χ4n) is 1.84. The Morgan fingerprint density at radius 2 is 1.86 bits per heavy atom. The van der Waals surface area contributed by atoms with E-state index in [-0.39, 0.29) is 0 Å². The quantitative estimate of drug-likeness (QED) is 0.424. The first kappa shape index (κ1) is 12.8. The van der Waals surface area contributed by atoms with Crippen LogP contribution >= 0.6 is 0 Å². The molecule has 0 fully saturated rings. The summed E-state index contributed by atoms with van der Waals surface area (Å²) in [7, 11) is 0. The van der Waals surface area contributed by atoms with E-state index in [1.165, 1.54) is 0 Å². The maximum atomic E-state index is 10.1. The van der Waals surface area contributed by atoms with E-state index in [2.05, 4.69) is 15.3 Å². The van der Waals surface area contributed by atoms with E-state index in [0.717, 1.165) is 0 Å². The topological polar surface area (TPSA) is 90.9 Å². The Hall–Kier alpha value is -3.22. The van der Waals surface area contributed by atoms with Crippen LogP contribution < -0.4 is 16.0 Å². The highest BCUT2D eigenvalue weighted by molar-refractivity contribution is 5.51. The Kier molecular flexibility index (Phi) is 3.30. The number of nitrogens with two attached hydrogens (primary N) is 1. The molecule has 0 atom stereocenters. The summed E-state index contributed by atoms with van der Waals surface area (Å²) < 4.78 is 7.47. The van der Waals surface area contributed by atoms with Gasteiger partial charge in [0.15, 0.2) is 5.82 Å². The van der Waals surface area contributed by atoms with Crippen LogP contribution in [0.15, 0.2) is 48.8 Å². The van der Waals surface area contributed by atoms with Crippen LogP contribution in [0, 0.1) is 0 Å². The Morgan fingerprint density at radius 3 is 2.62 bits per heavy atom. The minimum absolute atomic E-state index is 0.291. The van der Waals surface area contributed by atoms with Gasteiger partial charge in [-0.25, -0.2) is 4.98 Å². The zero-order valence-corrected chi connectivity index (χ0v) is 10.9. The van der Waals surface area contributed by atoms with Gasteiger partial charge in [-0.3, -0.25) is 4.79 Å². The van der Waals surface area contributed by atoms with Gasteiger partial charge in [-0.15, -0.1) is 0 Å². The number of ether oxygens (including phenoxy) is 1. The summed E-state index contributed by atoms with van der Waals surface area (Å²) in [6, 6.07) is 10.7. The summed E-state index contributed by atoms with van der Waals surface area (Å²) in [6.45, 7) is 0.291. The number of benzene rings is 1. The number of hydrogen-bond donors (Lipinski definition) is 2. The van der Waals surface area contributed by atoms with Gasteiger partial charge in [-0.1, -0.05) is 0 Å². The third-order valence-corrected chi connectivity index (χ3v) is 2.75. The molecule has 3 N–H and O–H groups in total. The highest BCUT2D eigenvalue weighted by atomic mass is 16.7. The molecule has 0 bridgehead atoms. The highest BCUT2D eigenvalue weighted by Crippen LogP contribution is 2.23. The predicted octanol–water partition coefficient (Wildman–Crippen LogP) is 2.21. The van der Waals surface area contributed by atoms with Crippen LogP contribution in [0.5, 0.6) is 11.5 Å². The maximum absolute atomic E-state index is 10.1. The van der Waals surface area contributed by atoms with Crippen molar-refractivity contribution in [1.29, 1.82) is 0 Å². The van der Waals surface area contributed by atoms with E-state index in [1.807, 2.05) is 0 Å². The van der Waals surface area contributed by atoms with Crippen molar-refractivity contribution < 1.29 is 14.4 Å². The first-order valence-electron chi connectivity index (χ1n) is 6.12. The SMILES string of the molecule is Nc1ccc(Oc2ccc3nc(NOC=O)cn3c2)cc1. The van der Waals surface area contributed by atoms with Gasteiger partial charge in [0, 0.05) is 5.69 Å². The molecule has 0 amide bonds. The molecule has 0 aliphatic heterocycles. The summed E-state index contributed by atoms with van der Waals surface area (Å²) in [6.07, 6.45) is 3.44. The molecular formula is C14H12N4O3. The fourth-order valence-corrected chi connectivity index (χ4v) is 1.84. The zero-order valence-electron chi connectivity index (χ0n) is 10.9. The van der Waals surface area contributed by atoms with Gasteiger partial charge in [0.2, 0.25) is 0 Å². The number of nitrogens with zero attached hydrogens (tertiary/aromatic N) is 2. The summed E-state index contributed by atoms with van der Waals surface area (Å²) in [5.74, 6) is 1.76. The summed E-state index contributed by atoms with van der Waals surface area (Å²) >= 11 is 0. The van der Waals surface area contributed by atoms with E-state index in [0.29, 0.717) is 35.1 Å². The normalized spacial score (nSPS) is 10.3. The first-order chi connectivity index (χ1) is 10.2. The van der Waals surface area contributed by atoms with Crippen LogP contribution in [0.2, 0.25) is 0 Å².